The van der Waals surface area contributed by atoms with Gasteiger partial charge in [-0.15, -0.1) is 0 Å². The minimum atomic E-state index is -0.601. The molecule has 0 aliphatic carbocycles. The SMILES string of the molecule is CSCCC(NC(=O)c1ccco1)C(=O)N(C)Cc1ccc(C)o1. The summed E-state index contributed by atoms with van der Waals surface area (Å²) < 4.78 is 10.6. The van der Waals surface area contributed by atoms with Crippen molar-refractivity contribution in [2.24, 2.45) is 0 Å². The average Bonchev–Trinajstić information content (AvgIpc) is 3.22. The van der Waals surface area contributed by atoms with Crippen molar-refractivity contribution in [3.8, 4) is 0 Å². The van der Waals surface area contributed by atoms with Gasteiger partial charge in [0.25, 0.3) is 5.91 Å². The highest BCUT2D eigenvalue weighted by molar-refractivity contribution is 7.98. The van der Waals surface area contributed by atoms with E-state index in [9.17, 15) is 9.59 Å². The molecule has 2 aromatic heterocycles. The lowest BCUT2D eigenvalue weighted by molar-refractivity contribution is -0.132. The normalized spacial score (nSPS) is 12.0. The third kappa shape index (κ3) is 4.92. The molecule has 7 heteroatoms. The van der Waals surface area contributed by atoms with E-state index in [0.717, 1.165) is 11.5 Å². The second kappa shape index (κ2) is 8.63. The van der Waals surface area contributed by atoms with E-state index in [0.29, 0.717) is 18.7 Å². The fraction of sp³-hybridized carbons (Fsp3) is 0.412. The third-order valence-electron chi connectivity index (χ3n) is 3.52. The predicted molar refractivity (Wildman–Crippen MR) is 92.9 cm³/mol. The zero-order valence-electron chi connectivity index (χ0n) is 14.1. The highest BCUT2D eigenvalue weighted by Gasteiger charge is 2.25. The Balaban J connectivity index is 2.02. The van der Waals surface area contributed by atoms with Gasteiger partial charge in [0.1, 0.15) is 17.6 Å². The highest BCUT2D eigenvalue weighted by atomic mass is 32.2. The van der Waals surface area contributed by atoms with E-state index in [1.807, 2.05) is 25.3 Å². The molecule has 24 heavy (non-hydrogen) atoms. The van der Waals surface area contributed by atoms with Gasteiger partial charge in [0.2, 0.25) is 5.91 Å². The number of thioether (sulfide) groups is 1. The molecule has 0 aromatic carbocycles. The molecule has 2 amide bonds. The summed E-state index contributed by atoms with van der Waals surface area (Å²) in [6.07, 6.45) is 3.94. The minimum Gasteiger partial charge on any atom is -0.464 e. The molecule has 1 N–H and O–H groups in total. The predicted octanol–water partition coefficient (Wildman–Crippen LogP) is 2.69. The van der Waals surface area contributed by atoms with Crippen LogP contribution in [0, 0.1) is 6.92 Å². The second-order valence-electron chi connectivity index (χ2n) is 5.49. The molecule has 2 rings (SSSR count). The van der Waals surface area contributed by atoms with Gasteiger partial charge in [-0.3, -0.25) is 9.59 Å². The molecule has 0 saturated heterocycles. The van der Waals surface area contributed by atoms with Crippen molar-refractivity contribution in [2.45, 2.75) is 25.9 Å². The van der Waals surface area contributed by atoms with Crippen molar-refractivity contribution in [1.82, 2.24) is 10.2 Å². The number of aryl methyl sites for hydroxylation is 1. The molecule has 0 spiro atoms. The largest absolute Gasteiger partial charge is 0.464 e. The molecule has 0 saturated carbocycles. The summed E-state index contributed by atoms with van der Waals surface area (Å²) in [7, 11) is 1.70. The first-order chi connectivity index (χ1) is 11.5. The molecular formula is C17H22N2O4S. The standard InChI is InChI=1S/C17H22N2O4S/c1-12-6-7-13(23-12)11-19(2)17(21)14(8-10-24-3)18-16(20)15-5-4-9-22-15/h4-7,9,14H,8,10-11H2,1-3H3,(H,18,20). The van der Waals surface area contributed by atoms with E-state index in [4.69, 9.17) is 8.83 Å². The summed E-state index contributed by atoms with van der Waals surface area (Å²) in [5.41, 5.74) is 0. The number of amides is 2. The third-order valence-corrected chi connectivity index (χ3v) is 4.17. The Hall–Kier alpha value is -2.15. The van der Waals surface area contributed by atoms with Gasteiger partial charge in [-0.05, 0) is 49.6 Å². The van der Waals surface area contributed by atoms with Crippen molar-refractivity contribution in [1.29, 1.82) is 0 Å². The van der Waals surface area contributed by atoms with Crippen LogP contribution in [0.15, 0.2) is 39.4 Å². The maximum absolute atomic E-state index is 12.7. The van der Waals surface area contributed by atoms with E-state index >= 15 is 0 Å². The number of likely N-dealkylation sites (N-methyl/N-ethyl adjacent to an activating group) is 1. The number of hydrogen-bond acceptors (Lipinski definition) is 5. The monoisotopic (exact) mass is 350 g/mol. The number of nitrogens with one attached hydrogen (secondary N) is 1. The summed E-state index contributed by atoms with van der Waals surface area (Å²) >= 11 is 1.63. The lowest BCUT2D eigenvalue weighted by atomic mass is 10.2. The first-order valence-corrected chi connectivity index (χ1v) is 9.04. The molecule has 1 unspecified atom stereocenters. The summed E-state index contributed by atoms with van der Waals surface area (Å²) in [6.45, 7) is 2.22. The van der Waals surface area contributed by atoms with Crippen LogP contribution in [0.25, 0.3) is 0 Å². The minimum absolute atomic E-state index is 0.155. The van der Waals surface area contributed by atoms with Crippen LogP contribution in [0.5, 0.6) is 0 Å². The molecule has 0 radical (unpaired) electrons. The topological polar surface area (TPSA) is 75.7 Å². The van der Waals surface area contributed by atoms with Crippen LogP contribution in [0.3, 0.4) is 0 Å². The molecular weight excluding hydrogens is 328 g/mol. The average molecular weight is 350 g/mol. The second-order valence-corrected chi connectivity index (χ2v) is 6.48. The van der Waals surface area contributed by atoms with Crippen molar-refractivity contribution in [2.75, 3.05) is 19.1 Å². The molecule has 1 atom stereocenters. The summed E-state index contributed by atoms with van der Waals surface area (Å²) in [4.78, 5) is 26.4. The van der Waals surface area contributed by atoms with Crippen molar-refractivity contribution < 1.29 is 18.4 Å². The molecule has 2 aromatic rings. The molecule has 0 fully saturated rings. The molecule has 6 nitrogen and oxygen atoms in total. The van der Waals surface area contributed by atoms with E-state index in [1.165, 1.54) is 6.26 Å². The van der Waals surface area contributed by atoms with Gasteiger partial charge >= 0.3 is 0 Å². The quantitative estimate of drug-likeness (QED) is 0.792. The molecule has 0 bridgehead atoms. The number of carbonyl (C=O) groups is 2. The Bertz CT molecular complexity index is 666. The Kier molecular flexibility index (Phi) is 6.54. The summed E-state index contributed by atoms with van der Waals surface area (Å²) in [6, 6.07) is 6.31. The zero-order chi connectivity index (χ0) is 17.5. The number of hydrogen-bond donors (Lipinski definition) is 1. The lowest BCUT2D eigenvalue weighted by Gasteiger charge is -2.23. The van der Waals surface area contributed by atoms with Gasteiger partial charge in [-0.25, -0.2) is 0 Å². The first kappa shape index (κ1) is 18.2. The fourth-order valence-corrected chi connectivity index (χ4v) is 2.75. The van der Waals surface area contributed by atoms with Crippen molar-refractivity contribution >= 4 is 23.6 Å². The molecule has 0 aliphatic heterocycles. The van der Waals surface area contributed by atoms with Gasteiger partial charge < -0.3 is 19.1 Å². The highest BCUT2D eigenvalue weighted by Crippen LogP contribution is 2.12. The Morgan fingerprint density at radius 2 is 2.12 bits per heavy atom. The van der Waals surface area contributed by atoms with Crippen molar-refractivity contribution in [3.05, 3.63) is 47.8 Å². The molecule has 130 valence electrons. The Labute approximate surface area is 145 Å². The van der Waals surface area contributed by atoms with Gasteiger partial charge in [-0.2, -0.15) is 11.8 Å². The van der Waals surface area contributed by atoms with Crippen LogP contribution in [0.4, 0.5) is 0 Å². The van der Waals surface area contributed by atoms with Crippen LogP contribution in [0.1, 0.15) is 28.5 Å². The fourth-order valence-electron chi connectivity index (χ4n) is 2.28. The van der Waals surface area contributed by atoms with E-state index in [-0.39, 0.29) is 17.6 Å². The van der Waals surface area contributed by atoms with Gasteiger partial charge in [0.05, 0.1) is 12.8 Å². The number of carbonyl (C=O) groups excluding carboxylic acids is 2. The lowest BCUT2D eigenvalue weighted by Crippen LogP contribution is -2.47. The van der Waals surface area contributed by atoms with E-state index < -0.39 is 6.04 Å². The van der Waals surface area contributed by atoms with Gasteiger partial charge in [0.15, 0.2) is 5.76 Å². The van der Waals surface area contributed by atoms with Crippen LogP contribution in [0.2, 0.25) is 0 Å². The van der Waals surface area contributed by atoms with E-state index in [2.05, 4.69) is 5.32 Å². The molecule has 0 aliphatic rings. The Morgan fingerprint density at radius 3 is 2.71 bits per heavy atom. The number of nitrogens with zero attached hydrogens (tertiary/aromatic N) is 1. The summed E-state index contributed by atoms with van der Waals surface area (Å²) in [5, 5.41) is 2.76. The first-order valence-electron chi connectivity index (χ1n) is 7.65. The number of furan rings is 2. The smallest absolute Gasteiger partial charge is 0.287 e. The van der Waals surface area contributed by atoms with Crippen LogP contribution >= 0.6 is 11.8 Å². The summed E-state index contributed by atoms with van der Waals surface area (Å²) in [5.74, 6) is 1.93. The molecule has 2 heterocycles. The maximum atomic E-state index is 12.7. The van der Waals surface area contributed by atoms with Crippen LogP contribution in [-0.2, 0) is 11.3 Å². The zero-order valence-corrected chi connectivity index (χ0v) is 14.9. The number of rotatable bonds is 8. The van der Waals surface area contributed by atoms with Crippen molar-refractivity contribution in [3.63, 3.8) is 0 Å². The van der Waals surface area contributed by atoms with E-state index in [1.54, 1.807) is 35.8 Å². The van der Waals surface area contributed by atoms with Gasteiger partial charge in [0, 0.05) is 7.05 Å². The Morgan fingerprint density at radius 1 is 1.33 bits per heavy atom. The van der Waals surface area contributed by atoms with Crippen LogP contribution < -0.4 is 5.32 Å². The maximum Gasteiger partial charge on any atom is 0.287 e. The van der Waals surface area contributed by atoms with Gasteiger partial charge in [-0.1, -0.05) is 0 Å². The van der Waals surface area contributed by atoms with Crippen LogP contribution in [-0.4, -0.2) is 41.8 Å².